The first-order valence-electron chi connectivity index (χ1n) is 9.91. The van der Waals surface area contributed by atoms with Crippen molar-refractivity contribution in [2.75, 3.05) is 19.0 Å². The van der Waals surface area contributed by atoms with E-state index in [0.29, 0.717) is 16.8 Å². The minimum Gasteiger partial charge on any atom is -0.466 e. The van der Waals surface area contributed by atoms with E-state index in [1.54, 1.807) is 73.7 Å². The van der Waals surface area contributed by atoms with Crippen LogP contribution in [0.1, 0.15) is 59.6 Å². The van der Waals surface area contributed by atoms with Gasteiger partial charge in [0.15, 0.2) is 0 Å². The lowest BCUT2D eigenvalue weighted by Crippen LogP contribution is -2.34. The highest BCUT2D eigenvalue weighted by Crippen LogP contribution is 2.21. The summed E-state index contributed by atoms with van der Waals surface area (Å²) in [6.45, 7) is 12.9. The lowest BCUT2D eigenvalue weighted by Gasteiger charge is -2.25. The number of rotatable bonds is 6. The molecule has 0 atom stereocenters. The topological polar surface area (TPSA) is 94.2 Å². The Balaban J connectivity index is 3.08. The third kappa shape index (κ3) is 9.62. The van der Waals surface area contributed by atoms with Gasteiger partial charge in [-0.25, -0.2) is 9.59 Å². The number of amides is 2. The first-order chi connectivity index (χ1) is 13.7. The fraction of sp³-hybridized carbons (Fsp3) is 0.591. The maximum atomic E-state index is 12.3. The number of esters is 1. The largest absolute Gasteiger partial charge is 0.466 e. The van der Waals surface area contributed by atoms with Crippen LogP contribution in [0.25, 0.3) is 0 Å². The summed E-state index contributed by atoms with van der Waals surface area (Å²) >= 11 is 0. The zero-order valence-electron chi connectivity index (χ0n) is 19.3. The second-order valence-corrected chi connectivity index (χ2v) is 8.93. The van der Waals surface area contributed by atoms with Gasteiger partial charge in [-0.3, -0.25) is 10.1 Å². The molecule has 8 heteroatoms. The number of nitrogens with one attached hydrogen (secondary N) is 1. The molecular weight excluding hydrogens is 388 g/mol. The molecule has 0 spiro atoms. The molecule has 1 aromatic rings. The summed E-state index contributed by atoms with van der Waals surface area (Å²) in [4.78, 5) is 37.8. The molecule has 2 amide bonds. The van der Waals surface area contributed by atoms with Crippen molar-refractivity contribution >= 4 is 23.8 Å². The standard InChI is InChI=1S/C22H34N2O6/c1-9-28-18(25)13-15-10-11-17(23-19(26)29-21(2,3)4)12-16(15)14-24(8)20(27)30-22(5,6)7/h10-12H,9,13-14H2,1-8H3,(H,23,26). The molecule has 0 aromatic heterocycles. The zero-order valence-corrected chi connectivity index (χ0v) is 19.3. The number of hydrogen-bond acceptors (Lipinski definition) is 6. The second-order valence-electron chi connectivity index (χ2n) is 8.93. The molecule has 0 aliphatic carbocycles. The number of carbonyl (C=O) groups is 3. The summed E-state index contributed by atoms with van der Waals surface area (Å²) in [6, 6.07) is 5.11. The molecule has 0 saturated carbocycles. The van der Waals surface area contributed by atoms with Gasteiger partial charge in [0.1, 0.15) is 11.2 Å². The van der Waals surface area contributed by atoms with Crippen LogP contribution >= 0.6 is 0 Å². The van der Waals surface area contributed by atoms with Crippen molar-refractivity contribution in [2.45, 2.75) is 72.6 Å². The zero-order chi connectivity index (χ0) is 23.1. The number of nitrogens with zero attached hydrogens (tertiary/aromatic N) is 1. The molecule has 30 heavy (non-hydrogen) atoms. The Morgan fingerprint density at radius 1 is 0.967 bits per heavy atom. The normalized spacial score (nSPS) is 11.5. The Bertz CT molecular complexity index is 762. The fourth-order valence-electron chi connectivity index (χ4n) is 2.47. The van der Waals surface area contributed by atoms with E-state index >= 15 is 0 Å². The molecule has 1 aromatic carbocycles. The SMILES string of the molecule is CCOC(=O)Cc1ccc(NC(=O)OC(C)(C)C)cc1CN(C)C(=O)OC(C)(C)C. The third-order valence-corrected chi connectivity index (χ3v) is 3.60. The summed E-state index contributed by atoms with van der Waals surface area (Å²) in [7, 11) is 1.61. The molecule has 8 nitrogen and oxygen atoms in total. The van der Waals surface area contributed by atoms with E-state index in [2.05, 4.69) is 5.32 Å². The van der Waals surface area contributed by atoms with Gasteiger partial charge in [0.05, 0.1) is 13.0 Å². The predicted octanol–water partition coefficient (Wildman–Crippen LogP) is 4.51. The molecule has 0 aliphatic heterocycles. The average molecular weight is 423 g/mol. The number of carbonyl (C=O) groups excluding carboxylic acids is 3. The number of benzene rings is 1. The lowest BCUT2D eigenvalue weighted by atomic mass is 10.0. The first kappa shape index (κ1) is 25.3. The van der Waals surface area contributed by atoms with Gasteiger partial charge in [-0.05, 0) is 71.7 Å². The van der Waals surface area contributed by atoms with Crippen molar-refractivity contribution in [2.24, 2.45) is 0 Å². The van der Waals surface area contributed by atoms with E-state index in [0.717, 1.165) is 0 Å². The van der Waals surface area contributed by atoms with E-state index in [4.69, 9.17) is 14.2 Å². The number of ether oxygens (including phenoxy) is 3. The monoisotopic (exact) mass is 422 g/mol. The van der Waals surface area contributed by atoms with Gasteiger partial charge in [0, 0.05) is 19.3 Å². The van der Waals surface area contributed by atoms with E-state index in [9.17, 15) is 14.4 Å². The van der Waals surface area contributed by atoms with Crippen LogP contribution in [-0.2, 0) is 32.0 Å². The average Bonchev–Trinajstić information content (AvgIpc) is 2.54. The third-order valence-electron chi connectivity index (χ3n) is 3.60. The summed E-state index contributed by atoms with van der Waals surface area (Å²) in [5, 5.41) is 2.67. The van der Waals surface area contributed by atoms with Crippen LogP contribution in [-0.4, -0.2) is 47.9 Å². The molecule has 0 fully saturated rings. The summed E-state index contributed by atoms with van der Waals surface area (Å²) in [5.41, 5.74) is 0.612. The van der Waals surface area contributed by atoms with Crippen molar-refractivity contribution in [3.8, 4) is 0 Å². The smallest absolute Gasteiger partial charge is 0.412 e. The second kappa shape index (κ2) is 10.3. The molecule has 0 heterocycles. The van der Waals surface area contributed by atoms with Crippen molar-refractivity contribution in [1.29, 1.82) is 0 Å². The van der Waals surface area contributed by atoms with Crippen LogP contribution in [0, 0.1) is 0 Å². The Hall–Kier alpha value is -2.77. The van der Waals surface area contributed by atoms with E-state index < -0.39 is 23.4 Å². The van der Waals surface area contributed by atoms with Crippen molar-refractivity contribution in [3.05, 3.63) is 29.3 Å². The molecule has 0 bridgehead atoms. The lowest BCUT2D eigenvalue weighted by molar-refractivity contribution is -0.142. The minimum atomic E-state index is -0.631. The van der Waals surface area contributed by atoms with Crippen molar-refractivity contribution in [3.63, 3.8) is 0 Å². The van der Waals surface area contributed by atoms with E-state index in [1.165, 1.54) is 4.90 Å². The quantitative estimate of drug-likeness (QED) is 0.536. The Morgan fingerprint density at radius 2 is 1.57 bits per heavy atom. The molecule has 0 saturated heterocycles. The highest BCUT2D eigenvalue weighted by Gasteiger charge is 2.22. The van der Waals surface area contributed by atoms with Gasteiger partial charge in [0.25, 0.3) is 0 Å². The Morgan fingerprint density at radius 3 is 2.10 bits per heavy atom. The van der Waals surface area contributed by atoms with Crippen LogP contribution in [0.2, 0.25) is 0 Å². The molecule has 0 radical (unpaired) electrons. The van der Waals surface area contributed by atoms with Gasteiger partial charge >= 0.3 is 18.2 Å². The van der Waals surface area contributed by atoms with Gasteiger partial charge in [0.2, 0.25) is 0 Å². The Labute approximate surface area is 178 Å². The van der Waals surface area contributed by atoms with Crippen molar-refractivity contribution < 1.29 is 28.6 Å². The molecule has 1 N–H and O–H groups in total. The maximum Gasteiger partial charge on any atom is 0.412 e. The fourth-order valence-corrected chi connectivity index (χ4v) is 2.47. The molecule has 168 valence electrons. The van der Waals surface area contributed by atoms with Gasteiger partial charge in [-0.1, -0.05) is 6.07 Å². The summed E-state index contributed by atoms with van der Waals surface area (Å²) in [5.74, 6) is -0.369. The van der Waals surface area contributed by atoms with Crippen LogP contribution < -0.4 is 5.32 Å². The van der Waals surface area contributed by atoms with E-state index in [-0.39, 0.29) is 25.5 Å². The minimum absolute atomic E-state index is 0.0536. The van der Waals surface area contributed by atoms with Gasteiger partial charge in [-0.2, -0.15) is 0 Å². The van der Waals surface area contributed by atoms with Crippen LogP contribution in [0.4, 0.5) is 15.3 Å². The molecule has 1 rings (SSSR count). The van der Waals surface area contributed by atoms with Crippen molar-refractivity contribution in [1.82, 2.24) is 4.90 Å². The van der Waals surface area contributed by atoms with Gasteiger partial charge < -0.3 is 19.1 Å². The highest BCUT2D eigenvalue weighted by atomic mass is 16.6. The molecular formula is C22H34N2O6. The number of anilines is 1. The molecule has 0 aliphatic rings. The summed E-state index contributed by atoms with van der Waals surface area (Å²) < 4.78 is 15.7. The first-order valence-corrected chi connectivity index (χ1v) is 9.91. The summed E-state index contributed by atoms with van der Waals surface area (Å²) in [6.07, 6.45) is -1.03. The molecule has 0 unspecified atom stereocenters. The Kier molecular flexibility index (Phi) is 8.69. The van der Waals surface area contributed by atoms with Gasteiger partial charge in [-0.15, -0.1) is 0 Å². The van der Waals surface area contributed by atoms with E-state index in [1.807, 2.05) is 0 Å². The number of hydrogen-bond donors (Lipinski definition) is 1. The highest BCUT2D eigenvalue weighted by molar-refractivity contribution is 5.85. The van der Waals surface area contributed by atoms with Crippen LogP contribution in [0.3, 0.4) is 0 Å². The predicted molar refractivity (Wildman–Crippen MR) is 114 cm³/mol. The van der Waals surface area contributed by atoms with Crippen LogP contribution in [0.15, 0.2) is 18.2 Å². The van der Waals surface area contributed by atoms with Crippen LogP contribution in [0.5, 0.6) is 0 Å². The maximum absolute atomic E-state index is 12.3.